The molecule has 0 unspecified atom stereocenters. The molecule has 134 valence electrons. The first-order valence-electron chi connectivity index (χ1n) is 7.91. The van der Waals surface area contributed by atoms with Crippen molar-refractivity contribution in [2.24, 2.45) is 0 Å². The van der Waals surface area contributed by atoms with Crippen LogP contribution in [0.4, 0.5) is 5.69 Å². The Morgan fingerprint density at radius 2 is 1.88 bits per heavy atom. The summed E-state index contributed by atoms with van der Waals surface area (Å²) < 4.78 is 1.42. The molecule has 0 saturated carbocycles. The number of carbonyl (C=O) groups is 1. The third kappa shape index (κ3) is 4.20. The quantitative estimate of drug-likeness (QED) is 0.499. The van der Waals surface area contributed by atoms with E-state index < -0.39 is 0 Å². The lowest BCUT2D eigenvalue weighted by molar-refractivity contribution is -0.113. The van der Waals surface area contributed by atoms with Gasteiger partial charge >= 0.3 is 0 Å². The molecule has 0 spiro atoms. The van der Waals surface area contributed by atoms with Crippen molar-refractivity contribution in [1.82, 2.24) is 14.9 Å². The van der Waals surface area contributed by atoms with Crippen molar-refractivity contribution in [3.05, 3.63) is 54.1 Å². The number of nitrogens with zero attached hydrogens (tertiary/aromatic N) is 3. The van der Waals surface area contributed by atoms with E-state index in [0.717, 1.165) is 21.7 Å². The Morgan fingerprint density at radius 3 is 2.62 bits per heavy atom. The Kier molecular flexibility index (Phi) is 5.85. The highest BCUT2D eigenvalue weighted by Crippen LogP contribution is 2.25. The van der Waals surface area contributed by atoms with Crippen LogP contribution in [-0.4, -0.2) is 32.8 Å². The molecule has 0 aliphatic carbocycles. The van der Waals surface area contributed by atoms with Gasteiger partial charge in [0, 0.05) is 10.5 Å². The van der Waals surface area contributed by atoms with E-state index in [1.165, 1.54) is 16.4 Å². The van der Waals surface area contributed by atoms with Gasteiger partial charge in [0.25, 0.3) is 0 Å². The second kappa shape index (κ2) is 8.29. The van der Waals surface area contributed by atoms with Crippen LogP contribution < -0.4 is 11.2 Å². The lowest BCUT2D eigenvalue weighted by Gasteiger charge is -2.09. The maximum absolute atomic E-state index is 12.2. The van der Waals surface area contributed by atoms with Crippen molar-refractivity contribution in [1.29, 1.82) is 0 Å². The highest BCUT2D eigenvalue weighted by Gasteiger charge is 2.14. The first kappa shape index (κ1) is 18.3. The van der Waals surface area contributed by atoms with E-state index in [1.54, 1.807) is 11.8 Å². The standard InChI is InChI=1S/C18H19N5OS2/c1-12-7-9-13(10-8-12)17-21-22-18(23(17)19)26-11-16(24)20-14-5-3-4-6-15(14)25-2/h3-10H,11,19H2,1-2H3,(H,20,24). The van der Waals surface area contributed by atoms with Crippen LogP contribution in [-0.2, 0) is 4.79 Å². The SMILES string of the molecule is CSc1ccccc1NC(=O)CSc1nnc(-c2ccc(C)cc2)n1N. The van der Waals surface area contributed by atoms with Crippen molar-refractivity contribution in [3.8, 4) is 11.4 Å². The number of hydrogen-bond acceptors (Lipinski definition) is 6. The largest absolute Gasteiger partial charge is 0.335 e. The first-order valence-corrected chi connectivity index (χ1v) is 10.1. The van der Waals surface area contributed by atoms with Gasteiger partial charge in [0.05, 0.1) is 11.4 Å². The molecule has 3 rings (SSSR count). The highest BCUT2D eigenvalue weighted by atomic mass is 32.2. The fourth-order valence-electron chi connectivity index (χ4n) is 2.34. The summed E-state index contributed by atoms with van der Waals surface area (Å²) in [6, 6.07) is 15.6. The summed E-state index contributed by atoms with van der Waals surface area (Å²) in [5.41, 5.74) is 2.85. The van der Waals surface area contributed by atoms with Gasteiger partial charge in [-0.25, -0.2) is 4.68 Å². The Hall–Kier alpha value is -2.45. The zero-order valence-corrected chi connectivity index (χ0v) is 16.1. The van der Waals surface area contributed by atoms with Crippen LogP contribution in [0, 0.1) is 6.92 Å². The number of rotatable bonds is 6. The number of anilines is 1. The molecule has 3 aromatic rings. The van der Waals surface area contributed by atoms with Crippen molar-refractivity contribution in [3.63, 3.8) is 0 Å². The van der Waals surface area contributed by atoms with Gasteiger partial charge < -0.3 is 11.2 Å². The van der Waals surface area contributed by atoms with Crippen molar-refractivity contribution in [2.45, 2.75) is 17.0 Å². The lowest BCUT2D eigenvalue weighted by Crippen LogP contribution is -2.16. The molecule has 0 aliphatic heterocycles. The van der Waals surface area contributed by atoms with Crippen molar-refractivity contribution < 1.29 is 4.79 Å². The highest BCUT2D eigenvalue weighted by molar-refractivity contribution is 7.99. The summed E-state index contributed by atoms with van der Waals surface area (Å²) in [5.74, 6) is 6.75. The topological polar surface area (TPSA) is 85.8 Å². The molecule has 26 heavy (non-hydrogen) atoms. The second-order valence-electron chi connectivity index (χ2n) is 5.58. The van der Waals surface area contributed by atoms with Crippen LogP contribution in [0.5, 0.6) is 0 Å². The van der Waals surface area contributed by atoms with Gasteiger partial charge in [-0.05, 0) is 25.3 Å². The van der Waals surface area contributed by atoms with Crippen LogP contribution in [0.1, 0.15) is 5.56 Å². The average molecular weight is 386 g/mol. The molecule has 1 aromatic heterocycles. The number of hydrogen-bond donors (Lipinski definition) is 2. The molecule has 0 aliphatic rings. The molecule has 0 fully saturated rings. The molecule has 1 amide bonds. The zero-order valence-electron chi connectivity index (χ0n) is 14.5. The van der Waals surface area contributed by atoms with Gasteiger partial charge in [-0.1, -0.05) is 53.7 Å². The van der Waals surface area contributed by atoms with Gasteiger partial charge in [-0.15, -0.1) is 22.0 Å². The fourth-order valence-corrected chi connectivity index (χ4v) is 3.55. The van der Waals surface area contributed by atoms with Crippen molar-refractivity contribution in [2.75, 3.05) is 23.2 Å². The van der Waals surface area contributed by atoms with Gasteiger partial charge in [0.1, 0.15) is 0 Å². The van der Waals surface area contributed by atoms with E-state index in [-0.39, 0.29) is 11.7 Å². The minimum atomic E-state index is -0.114. The smallest absolute Gasteiger partial charge is 0.234 e. The molecule has 0 saturated heterocycles. The predicted octanol–water partition coefficient (Wildman–Crippen LogP) is 3.42. The molecule has 1 heterocycles. The molecule has 2 aromatic carbocycles. The Morgan fingerprint density at radius 1 is 1.15 bits per heavy atom. The van der Waals surface area contributed by atoms with E-state index in [2.05, 4.69) is 15.5 Å². The Balaban J connectivity index is 1.65. The zero-order chi connectivity index (χ0) is 18.5. The number of thioether (sulfide) groups is 2. The number of para-hydroxylation sites is 1. The Bertz CT molecular complexity index is 908. The van der Waals surface area contributed by atoms with Crippen LogP contribution in [0.3, 0.4) is 0 Å². The summed E-state index contributed by atoms with van der Waals surface area (Å²) in [7, 11) is 0. The number of nitrogens with two attached hydrogens (primary N) is 1. The summed E-state index contributed by atoms with van der Waals surface area (Å²) in [5, 5.41) is 11.6. The van der Waals surface area contributed by atoms with E-state index in [0.29, 0.717) is 11.0 Å². The summed E-state index contributed by atoms with van der Waals surface area (Å²) in [6.45, 7) is 2.02. The third-order valence-electron chi connectivity index (χ3n) is 3.69. The lowest BCUT2D eigenvalue weighted by atomic mass is 10.1. The maximum atomic E-state index is 12.2. The average Bonchev–Trinajstić information content (AvgIpc) is 3.02. The third-order valence-corrected chi connectivity index (χ3v) is 5.43. The van der Waals surface area contributed by atoms with Gasteiger partial charge in [0.2, 0.25) is 11.1 Å². The molecule has 0 radical (unpaired) electrons. The van der Waals surface area contributed by atoms with Crippen LogP contribution in [0.25, 0.3) is 11.4 Å². The number of aryl methyl sites for hydroxylation is 1. The molecule has 0 atom stereocenters. The summed E-state index contributed by atoms with van der Waals surface area (Å²) >= 11 is 2.84. The second-order valence-corrected chi connectivity index (χ2v) is 7.37. The normalized spacial score (nSPS) is 10.7. The van der Waals surface area contributed by atoms with Gasteiger partial charge in [-0.3, -0.25) is 4.79 Å². The fraction of sp³-hybridized carbons (Fsp3) is 0.167. The van der Waals surface area contributed by atoms with Crippen LogP contribution >= 0.6 is 23.5 Å². The summed E-state index contributed by atoms with van der Waals surface area (Å²) in [6.07, 6.45) is 1.98. The minimum absolute atomic E-state index is 0.114. The number of amides is 1. The summed E-state index contributed by atoms with van der Waals surface area (Å²) in [4.78, 5) is 13.3. The monoisotopic (exact) mass is 385 g/mol. The first-order chi connectivity index (χ1) is 12.6. The maximum Gasteiger partial charge on any atom is 0.234 e. The van der Waals surface area contributed by atoms with Crippen molar-refractivity contribution >= 4 is 35.1 Å². The van der Waals surface area contributed by atoms with E-state index in [1.807, 2.05) is 61.7 Å². The van der Waals surface area contributed by atoms with Crippen LogP contribution in [0.15, 0.2) is 58.6 Å². The number of aromatic nitrogens is 3. The van der Waals surface area contributed by atoms with Gasteiger partial charge in [0.15, 0.2) is 5.82 Å². The predicted molar refractivity (Wildman–Crippen MR) is 108 cm³/mol. The molecule has 6 nitrogen and oxygen atoms in total. The Labute approximate surface area is 160 Å². The molecular formula is C18H19N5OS2. The molecular weight excluding hydrogens is 366 g/mol. The number of benzene rings is 2. The van der Waals surface area contributed by atoms with E-state index >= 15 is 0 Å². The number of nitrogens with one attached hydrogen (secondary N) is 1. The van der Waals surface area contributed by atoms with Crippen LogP contribution in [0.2, 0.25) is 0 Å². The number of nitrogen functional groups attached to an aromatic ring is 1. The minimum Gasteiger partial charge on any atom is -0.335 e. The number of carbonyl (C=O) groups excluding carboxylic acids is 1. The van der Waals surface area contributed by atoms with E-state index in [4.69, 9.17) is 5.84 Å². The van der Waals surface area contributed by atoms with E-state index in [9.17, 15) is 4.79 Å². The van der Waals surface area contributed by atoms with Gasteiger partial charge in [-0.2, -0.15) is 0 Å². The molecule has 3 N–H and O–H groups in total. The molecule has 0 bridgehead atoms. The molecule has 8 heteroatoms.